The van der Waals surface area contributed by atoms with E-state index in [9.17, 15) is 18.3 Å². The van der Waals surface area contributed by atoms with Crippen LogP contribution in [-0.2, 0) is 12.8 Å². The molecular formula is C24H18ClF3N4O2. The van der Waals surface area contributed by atoms with E-state index in [0.29, 0.717) is 21.9 Å². The van der Waals surface area contributed by atoms with E-state index in [1.54, 1.807) is 55.9 Å². The SMILES string of the molecule is CN=Cc1cncc(-c2c(OCc3ccc(Cl)cc3)ccc(-c3cc(C(F)(F)F)[nH]n3)c2O)c1. The average molecular weight is 487 g/mol. The predicted octanol–water partition coefficient (Wildman–Crippen LogP) is 6.14. The monoisotopic (exact) mass is 486 g/mol. The molecule has 0 unspecified atom stereocenters. The van der Waals surface area contributed by atoms with Gasteiger partial charge in [-0.15, -0.1) is 0 Å². The van der Waals surface area contributed by atoms with Gasteiger partial charge in [0, 0.05) is 47.4 Å². The number of alkyl halides is 3. The number of hydrogen-bond donors (Lipinski definition) is 2. The Balaban J connectivity index is 1.79. The number of H-pyrrole nitrogens is 1. The summed E-state index contributed by atoms with van der Waals surface area (Å²) < 4.78 is 45.1. The van der Waals surface area contributed by atoms with Crippen molar-refractivity contribution in [3.63, 3.8) is 0 Å². The molecule has 2 heterocycles. The Bertz CT molecular complexity index is 1340. The molecule has 0 bridgehead atoms. The average Bonchev–Trinajstić information content (AvgIpc) is 3.30. The largest absolute Gasteiger partial charge is 0.506 e. The number of aromatic nitrogens is 3. The van der Waals surface area contributed by atoms with Crippen LogP contribution in [0.1, 0.15) is 16.8 Å². The third kappa shape index (κ3) is 5.04. The number of ether oxygens (including phenoxy) is 1. The first-order chi connectivity index (χ1) is 16.3. The molecule has 0 atom stereocenters. The molecule has 0 saturated carbocycles. The number of nitrogens with one attached hydrogen (secondary N) is 1. The highest BCUT2D eigenvalue weighted by atomic mass is 35.5. The quantitative estimate of drug-likeness (QED) is 0.320. The maximum atomic E-state index is 13.0. The van der Waals surface area contributed by atoms with Crippen LogP contribution >= 0.6 is 11.6 Å². The Morgan fingerprint density at radius 2 is 1.88 bits per heavy atom. The van der Waals surface area contributed by atoms with Crippen LogP contribution in [-0.4, -0.2) is 33.6 Å². The minimum absolute atomic E-state index is 0.0606. The molecule has 0 aliphatic rings. The summed E-state index contributed by atoms with van der Waals surface area (Å²) in [5.74, 6) is 0.0244. The molecule has 2 aromatic carbocycles. The smallest absolute Gasteiger partial charge is 0.432 e. The lowest BCUT2D eigenvalue weighted by Gasteiger charge is -2.16. The fourth-order valence-electron chi connectivity index (χ4n) is 3.34. The van der Waals surface area contributed by atoms with Crippen molar-refractivity contribution < 1.29 is 23.0 Å². The molecule has 4 rings (SSSR count). The van der Waals surface area contributed by atoms with Crippen LogP contribution < -0.4 is 4.74 Å². The number of halogens is 4. The van der Waals surface area contributed by atoms with Crippen molar-refractivity contribution in [2.75, 3.05) is 7.05 Å². The third-order valence-electron chi connectivity index (χ3n) is 4.93. The predicted molar refractivity (Wildman–Crippen MR) is 123 cm³/mol. The summed E-state index contributed by atoms with van der Waals surface area (Å²) in [4.78, 5) is 8.15. The number of aliphatic imine (C=N–C) groups is 1. The van der Waals surface area contributed by atoms with Gasteiger partial charge in [-0.25, -0.2) is 0 Å². The second-order valence-corrected chi connectivity index (χ2v) is 7.75. The maximum absolute atomic E-state index is 13.0. The summed E-state index contributed by atoms with van der Waals surface area (Å²) in [6, 6.07) is 12.7. The number of benzene rings is 2. The maximum Gasteiger partial charge on any atom is 0.432 e. The van der Waals surface area contributed by atoms with E-state index < -0.39 is 11.9 Å². The van der Waals surface area contributed by atoms with Gasteiger partial charge in [-0.2, -0.15) is 18.3 Å². The molecule has 34 heavy (non-hydrogen) atoms. The molecule has 0 amide bonds. The Morgan fingerprint density at radius 3 is 2.56 bits per heavy atom. The first-order valence-electron chi connectivity index (χ1n) is 10.00. The van der Waals surface area contributed by atoms with E-state index in [-0.39, 0.29) is 29.2 Å². The fourth-order valence-corrected chi connectivity index (χ4v) is 3.47. The highest BCUT2D eigenvalue weighted by Crippen LogP contribution is 2.44. The number of hydrogen-bond acceptors (Lipinski definition) is 5. The zero-order chi connectivity index (χ0) is 24.3. The molecule has 0 aliphatic heterocycles. The van der Waals surface area contributed by atoms with E-state index in [4.69, 9.17) is 16.3 Å². The number of phenolic OH excluding ortho intramolecular Hbond substituents is 1. The molecule has 0 saturated heterocycles. The Morgan fingerprint density at radius 1 is 1.12 bits per heavy atom. The van der Waals surface area contributed by atoms with Crippen LogP contribution in [0.3, 0.4) is 0 Å². The normalized spacial score (nSPS) is 11.8. The van der Waals surface area contributed by atoms with E-state index in [1.807, 2.05) is 5.10 Å². The van der Waals surface area contributed by atoms with Crippen LogP contribution in [0.5, 0.6) is 11.5 Å². The van der Waals surface area contributed by atoms with E-state index in [2.05, 4.69) is 15.1 Å². The second kappa shape index (κ2) is 9.56. The third-order valence-corrected chi connectivity index (χ3v) is 5.18. The van der Waals surface area contributed by atoms with Crippen molar-refractivity contribution in [2.24, 2.45) is 4.99 Å². The second-order valence-electron chi connectivity index (χ2n) is 7.31. The van der Waals surface area contributed by atoms with Gasteiger partial charge in [0.15, 0.2) is 0 Å². The number of pyridine rings is 1. The summed E-state index contributed by atoms with van der Waals surface area (Å²) in [7, 11) is 1.61. The van der Waals surface area contributed by atoms with Crippen molar-refractivity contribution in [3.05, 3.63) is 82.8 Å². The van der Waals surface area contributed by atoms with E-state index >= 15 is 0 Å². The highest BCUT2D eigenvalue weighted by Gasteiger charge is 2.33. The van der Waals surface area contributed by atoms with Gasteiger partial charge in [0.05, 0.1) is 11.3 Å². The number of rotatable bonds is 6. The molecule has 0 spiro atoms. The molecule has 2 aromatic heterocycles. The molecule has 0 aliphatic carbocycles. The number of nitrogens with zero attached hydrogens (tertiary/aromatic N) is 3. The first-order valence-corrected chi connectivity index (χ1v) is 10.4. The van der Waals surface area contributed by atoms with Crippen molar-refractivity contribution in [2.45, 2.75) is 12.8 Å². The van der Waals surface area contributed by atoms with Gasteiger partial charge in [0.25, 0.3) is 0 Å². The van der Waals surface area contributed by atoms with Crippen LogP contribution in [0.2, 0.25) is 5.02 Å². The van der Waals surface area contributed by atoms with Gasteiger partial charge < -0.3 is 9.84 Å². The molecule has 10 heteroatoms. The topological polar surface area (TPSA) is 83.4 Å². The summed E-state index contributed by atoms with van der Waals surface area (Å²) >= 11 is 5.93. The van der Waals surface area contributed by atoms with Crippen molar-refractivity contribution in [3.8, 4) is 33.9 Å². The van der Waals surface area contributed by atoms with Gasteiger partial charge in [-0.1, -0.05) is 23.7 Å². The summed E-state index contributed by atoms with van der Waals surface area (Å²) in [5.41, 5.74) is 1.30. The van der Waals surface area contributed by atoms with Gasteiger partial charge in [0.1, 0.15) is 23.8 Å². The Labute approximate surface area is 197 Å². The van der Waals surface area contributed by atoms with Crippen molar-refractivity contribution >= 4 is 17.8 Å². The van der Waals surface area contributed by atoms with Crippen molar-refractivity contribution in [1.82, 2.24) is 15.2 Å². The number of aromatic amines is 1. The minimum Gasteiger partial charge on any atom is -0.506 e. The summed E-state index contributed by atoms with van der Waals surface area (Å²) in [5, 5.41) is 17.4. The van der Waals surface area contributed by atoms with E-state index in [1.165, 1.54) is 12.3 Å². The lowest BCUT2D eigenvalue weighted by atomic mass is 9.98. The zero-order valence-corrected chi connectivity index (χ0v) is 18.5. The summed E-state index contributed by atoms with van der Waals surface area (Å²) in [6.07, 6.45) is 0.111. The van der Waals surface area contributed by atoms with E-state index in [0.717, 1.165) is 11.6 Å². The molecule has 0 fully saturated rings. The molecule has 174 valence electrons. The first kappa shape index (κ1) is 23.3. The number of aromatic hydroxyl groups is 1. The number of phenols is 1. The Kier molecular flexibility index (Phi) is 6.56. The Hall–Kier alpha value is -3.85. The van der Waals surface area contributed by atoms with Crippen LogP contribution in [0.25, 0.3) is 22.4 Å². The van der Waals surface area contributed by atoms with Crippen molar-refractivity contribution in [1.29, 1.82) is 0 Å². The molecule has 6 nitrogen and oxygen atoms in total. The zero-order valence-electron chi connectivity index (χ0n) is 17.8. The molecule has 4 aromatic rings. The van der Waals surface area contributed by atoms with Gasteiger partial charge in [0.2, 0.25) is 0 Å². The minimum atomic E-state index is -4.59. The highest BCUT2D eigenvalue weighted by molar-refractivity contribution is 6.30. The standard InChI is InChI=1S/C24H18ClF3N4O2/c1-29-10-15-8-16(12-30-11-15)22-20(34-13-14-2-4-17(25)5-3-14)7-6-18(23(22)33)19-9-21(32-31-19)24(26,27)28/h2-12,33H,13H2,1H3,(H,31,32). The van der Waals surface area contributed by atoms with Gasteiger partial charge in [-0.3, -0.25) is 15.1 Å². The van der Waals surface area contributed by atoms with Crippen LogP contribution in [0.4, 0.5) is 13.2 Å². The summed E-state index contributed by atoms with van der Waals surface area (Å²) in [6.45, 7) is 0.174. The lowest BCUT2D eigenvalue weighted by Crippen LogP contribution is -2.04. The van der Waals surface area contributed by atoms with Gasteiger partial charge in [-0.05, 0) is 42.0 Å². The lowest BCUT2D eigenvalue weighted by molar-refractivity contribution is -0.141. The molecule has 2 N–H and O–H groups in total. The molecular weight excluding hydrogens is 469 g/mol. The fraction of sp³-hybridized carbons (Fsp3) is 0.125. The molecule has 0 radical (unpaired) electrons. The van der Waals surface area contributed by atoms with Gasteiger partial charge >= 0.3 is 6.18 Å². The van der Waals surface area contributed by atoms with Crippen LogP contribution in [0.15, 0.2) is 65.9 Å². The van der Waals surface area contributed by atoms with Crippen LogP contribution in [0, 0.1) is 0 Å².